The predicted molar refractivity (Wildman–Crippen MR) is 127 cm³/mol. The summed E-state index contributed by atoms with van der Waals surface area (Å²) in [7, 11) is 0. The number of aliphatic hydroxyl groups is 1. The van der Waals surface area contributed by atoms with Gasteiger partial charge in [-0.25, -0.2) is 0 Å². The molecule has 0 bridgehead atoms. The number of ether oxygens (including phenoxy) is 1. The molecule has 1 aliphatic rings. The Kier molecular flexibility index (Phi) is 12.0. The second kappa shape index (κ2) is 13.6. The second-order valence-electron chi connectivity index (χ2n) is 7.35. The largest absolute Gasteiger partial charge is 0.491 e. The van der Waals surface area contributed by atoms with E-state index in [0.717, 1.165) is 37.1 Å². The van der Waals surface area contributed by atoms with Crippen LogP contribution in [0.1, 0.15) is 58.1 Å². The van der Waals surface area contributed by atoms with E-state index < -0.39 is 6.10 Å². The fourth-order valence-corrected chi connectivity index (χ4v) is 2.68. The Labute approximate surface area is 191 Å². The highest BCUT2D eigenvalue weighted by Gasteiger charge is 2.22. The standard InChI is InChI=1S/C21H34N4O3.HI/c1-4-22-21(23-12-6-9-20(27)25-17-10-11-17)24-14-19(26)16-7-5-8-18(13-16)28-15(2)3;/h5,7-8,13,15,17,19,26H,4,6,9-12,14H2,1-3H3,(H,25,27)(H2,22,23,24);1H. The molecule has 2 rings (SSSR count). The van der Waals surface area contributed by atoms with Crippen molar-refractivity contribution in [3.8, 4) is 5.75 Å². The van der Waals surface area contributed by atoms with E-state index in [1.807, 2.05) is 45.0 Å². The summed E-state index contributed by atoms with van der Waals surface area (Å²) in [5.74, 6) is 1.49. The van der Waals surface area contributed by atoms with Crippen LogP contribution in [0.15, 0.2) is 29.3 Å². The van der Waals surface area contributed by atoms with Crippen molar-refractivity contribution >= 4 is 35.8 Å². The number of nitrogens with zero attached hydrogens (tertiary/aromatic N) is 1. The molecule has 1 aliphatic carbocycles. The molecule has 1 saturated carbocycles. The van der Waals surface area contributed by atoms with Gasteiger partial charge in [-0.1, -0.05) is 12.1 Å². The Bertz CT molecular complexity index is 651. The van der Waals surface area contributed by atoms with Gasteiger partial charge in [-0.05, 0) is 57.7 Å². The highest BCUT2D eigenvalue weighted by molar-refractivity contribution is 14.0. The third-order valence-corrected chi connectivity index (χ3v) is 4.20. The topological polar surface area (TPSA) is 95.0 Å². The minimum atomic E-state index is -0.713. The molecule has 0 radical (unpaired) electrons. The Hall–Kier alpha value is -1.55. The number of guanidine groups is 1. The van der Waals surface area contributed by atoms with Gasteiger partial charge in [-0.2, -0.15) is 0 Å². The maximum Gasteiger partial charge on any atom is 0.220 e. The summed E-state index contributed by atoms with van der Waals surface area (Å²) in [4.78, 5) is 16.2. The summed E-state index contributed by atoms with van der Waals surface area (Å²) in [6.07, 6.45) is 2.83. The van der Waals surface area contributed by atoms with Gasteiger partial charge in [0.15, 0.2) is 5.96 Å². The molecule has 1 fully saturated rings. The maximum atomic E-state index is 11.7. The fourth-order valence-electron chi connectivity index (χ4n) is 2.68. The Morgan fingerprint density at radius 1 is 1.31 bits per heavy atom. The number of aliphatic imine (C=N–C) groups is 1. The molecule has 7 nitrogen and oxygen atoms in total. The maximum absolute atomic E-state index is 11.7. The van der Waals surface area contributed by atoms with Crippen molar-refractivity contribution in [3.05, 3.63) is 29.8 Å². The molecule has 8 heteroatoms. The molecule has 29 heavy (non-hydrogen) atoms. The van der Waals surface area contributed by atoms with Crippen molar-refractivity contribution in [1.82, 2.24) is 16.0 Å². The zero-order valence-electron chi connectivity index (χ0n) is 17.6. The third-order valence-electron chi connectivity index (χ3n) is 4.20. The second-order valence-corrected chi connectivity index (χ2v) is 7.35. The number of amides is 1. The number of hydrogen-bond donors (Lipinski definition) is 4. The number of hydrogen-bond acceptors (Lipinski definition) is 4. The van der Waals surface area contributed by atoms with E-state index in [9.17, 15) is 9.90 Å². The molecule has 0 saturated heterocycles. The first-order valence-electron chi connectivity index (χ1n) is 10.2. The van der Waals surface area contributed by atoms with Gasteiger partial charge in [0.05, 0.1) is 18.8 Å². The van der Waals surface area contributed by atoms with Crippen LogP contribution in [0.3, 0.4) is 0 Å². The first-order valence-corrected chi connectivity index (χ1v) is 10.2. The van der Waals surface area contributed by atoms with Gasteiger partial charge in [-0.15, -0.1) is 24.0 Å². The minimum Gasteiger partial charge on any atom is -0.491 e. The Morgan fingerprint density at radius 3 is 2.72 bits per heavy atom. The number of aliphatic hydroxyl groups excluding tert-OH is 1. The quantitative estimate of drug-likeness (QED) is 0.157. The van der Waals surface area contributed by atoms with E-state index in [-0.39, 0.29) is 42.5 Å². The van der Waals surface area contributed by atoms with Crippen LogP contribution in [0.2, 0.25) is 0 Å². The van der Waals surface area contributed by atoms with Gasteiger partial charge >= 0.3 is 0 Å². The molecule has 1 atom stereocenters. The van der Waals surface area contributed by atoms with Crippen molar-refractivity contribution in [3.63, 3.8) is 0 Å². The van der Waals surface area contributed by atoms with E-state index in [4.69, 9.17) is 4.74 Å². The molecule has 1 unspecified atom stereocenters. The number of rotatable bonds is 11. The van der Waals surface area contributed by atoms with Crippen LogP contribution < -0.4 is 20.7 Å². The number of halogens is 1. The van der Waals surface area contributed by atoms with Gasteiger partial charge in [0.2, 0.25) is 5.91 Å². The average molecular weight is 518 g/mol. The summed E-state index contributed by atoms with van der Waals surface area (Å²) in [5.41, 5.74) is 0.773. The molecule has 164 valence electrons. The molecule has 1 amide bonds. The van der Waals surface area contributed by atoms with Gasteiger partial charge in [0, 0.05) is 25.6 Å². The summed E-state index contributed by atoms with van der Waals surface area (Å²) in [6.45, 7) is 7.54. The SMILES string of the molecule is CCNC(=NCC(O)c1cccc(OC(C)C)c1)NCCCC(=O)NC1CC1.I. The summed E-state index contributed by atoms with van der Waals surface area (Å²) in [5, 5.41) is 19.8. The molecule has 0 aromatic heterocycles. The molecule has 1 aromatic rings. The van der Waals surface area contributed by atoms with Crippen LogP contribution in [-0.4, -0.2) is 48.8 Å². The number of carbonyl (C=O) groups is 1. The lowest BCUT2D eigenvalue weighted by Crippen LogP contribution is -2.38. The molecule has 1 aromatic carbocycles. The van der Waals surface area contributed by atoms with Gasteiger partial charge in [-0.3, -0.25) is 9.79 Å². The third kappa shape index (κ3) is 10.7. The smallest absolute Gasteiger partial charge is 0.220 e. The van der Waals surface area contributed by atoms with E-state index in [1.54, 1.807) is 0 Å². The van der Waals surface area contributed by atoms with Crippen molar-refractivity contribution in [2.45, 2.75) is 64.7 Å². The number of nitrogens with one attached hydrogen (secondary N) is 3. The number of carbonyl (C=O) groups excluding carboxylic acids is 1. The lowest BCUT2D eigenvalue weighted by atomic mass is 10.1. The lowest BCUT2D eigenvalue weighted by molar-refractivity contribution is -0.121. The van der Waals surface area contributed by atoms with E-state index in [2.05, 4.69) is 20.9 Å². The highest BCUT2D eigenvalue weighted by Crippen LogP contribution is 2.20. The minimum absolute atomic E-state index is 0. The lowest BCUT2D eigenvalue weighted by Gasteiger charge is -2.15. The van der Waals surface area contributed by atoms with Crippen LogP contribution in [0, 0.1) is 0 Å². The van der Waals surface area contributed by atoms with Gasteiger partial charge in [0.25, 0.3) is 0 Å². The fraction of sp³-hybridized carbons (Fsp3) is 0.619. The van der Waals surface area contributed by atoms with E-state index >= 15 is 0 Å². The van der Waals surface area contributed by atoms with Crippen molar-refractivity contribution in [2.75, 3.05) is 19.6 Å². The van der Waals surface area contributed by atoms with Crippen molar-refractivity contribution in [2.24, 2.45) is 4.99 Å². The molecular formula is C21H35IN4O3. The first-order chi connectivity index (χ1) is 13.5. The number of benzene rings is 1. The molecule has 0 spiro atoms. The van der Waals surface area contributed by atoms with Crippen LogP contribution in [0.25, 0.3) is 0 Å². The summed E-state index contributed by atoms with van der Waals surface area (Å²) < 4.78 is 5.68. The van der Waals surface area contributed by atoms with E-state index in [1.165, 1.54) is 0 Å². The summed E-state index contributed by atoms with van der Waals surface area (Å²) >= 11 is 0. The molecule has 0 heterocycles. The zero-order chi connectivity index (χ0) is 20.4. The van der Waals surface area contributed by atoms with Crippen LogP contribution in [0.4, 0.5) is 0 Å². The Balaban J connectivity index is 0.00000420. The average Bonchev–Trinajstić information content (AvgIpc) is 3.46. The van der Waals surface area contributed by atoms with Crippen LogP contribution in [-0.2, 0) is 4.79 Å². The van der Waals surface area contributed by atoms with Crippen molar-refractivity contribution in [1.29, 1.82) is 0 Å². The predicted octanol–water partition coefficient (Wildman–Crippen LogP) is 2.74. The zero-order valence-corrected chi connectivity index (χ0v) is 19.9. The molecule has 4 N–H and O–H groups in total. The van der Waals surface area contributed by atoms with Gasteiger partial charge < -0.3 is 25.8 Å². The Morgan fingerprint density at radius 2 is 2.07 bits per heavy atom. The normalized spacial score (nSPS) is 14.7. The van der Waals surface area contributed by atoms with Crippen LogP contribution >= 0.6 is 24.0 Å². The highest BCUT2D eigenvalue weighted by atomic mass is 127. The monoisotopic (exact) mass is 518 g/mol. The molecule has 0 aliphatic heterocycles. The van der Waals surface area contributed by atoms with Crippen molar-refractivity contribution < 1.29 is 14.6 Å². The molecular weight excluding hydrogens is 483 g/mol. The van der Waals surface area contributed by atoms with Crippen LogP contribution in [0.5, 0.6) is 5.75 Å². The van der Waals surface area contributed by atoms with E-state index in [0.29, 0.717) is 25.0 Å². The summed E-state index contributed by atoms with van der Waals surface area (Å²) in [6, 6.07) is 7.87. The first kappa shape index (κ1) is 25.5. The van der Waals surface area contributed by atoms with Gasteiger partial charge in [0.1, 0.15) is 5.75 Å².